The van der Waals surface area contributed by atoms with Gasteiger partial charge in [0.1, 0.15) is 0 Å². The zero-order chi connectivity index (χ0) is 18.2. The number of benzene rings is 2. The minimum absolute atomic E-state index is 0.0418. The highest BCUT2D eigenvalue weighted by Crippen LogP contribution is 2.22. The average molecular weight is 369 g/mol. The van der Waals surface area contributed by atoms with Gasteiger partial charge in [-0.3, -0.25) is 4.79 Å². The van der Waals surface area contributed by atoms with Gasteiger partial charge >= 0.3 is 0 Å². The Kier molecular flexibility index (Phi) is 7.15. The van der Waals surface area contributed by atoms with Crippen molar-refractivity contribution in [2.45, 2.75) is 29.9 Å². The van der Waals surface area contributed by atoms with E-state index in [4.69, 9.17) is 0 Å². The Morgan fingerprint density at radius 2 is 1.77 bits per heavy atom. The van der Waals surface area contributed by atoms with Crippen molar-refractivity contribution in [2.24, 2.45) is 5.92 Å². The van der Waals surface area contributed by atoms with Crippen molar-refractivity contribution in [1.29, 1.82) is 0 Å². The summed E-state index contributed by atoms with van der Waals surface area (Å²) in [6.07, 6.45) is 3.59. The van der Waals surface area contributed by atoms with E-state index in [2.05, 4.69) is 53.7 Å². The lowest BCUT2D eigenvalue weighted by Gasteiger charge is -2.28. The zero-order valence-corrected chi connectivity index (χ0v) is 16.3. The van der Waals surface area contributed by atoms with E-state index in [1.807, 2.05) is 30.0 Å². The smallest absolute Gasteiger partial charge is 0.251 e. The van der Waals surface area contributed by atoms with Gasteiger partial charge in [0.2, 0.25) is 0 Å². The van der Waals surface area contributed by atoms with E-state index >= 15 is 0 Å². The largest absolute Gasteiger partial charge is 0.352 e. The lowest BCUT2D eigenvalue weighted by atomic mass is 9.94. The van der Waals surface area contributed by atoms with Crippen molar-refractivity contribution in [3.05, 3.63) is 65.7 Å². The SMILES string of the molecule is CN1CCC(CCNC(=O)c2ccc(CSc3ccccc3)cc2)CC1. The standard InChI is InChI=1S/C22H28N2OS/c1-24-15-12-18(13-16-24)11-14-23-22(25)20-9-7-19(8-10-20)17-26-21-5-3-2-4-6-21/h2-10,18H,11-17H2,1H3,(H,23,25). The van der Waals surface area contributed by atoms with Gasteiger partial charge in [0.25, 0.3) is 5.91 Å². The fourth-order valence-corrected chi connectivity index (χ4v) is 4.15. The maximum atomic E-state index is 12.3. The van der Waals surface area contributed by atoms with E-state index in [0.29, 0.717) is 0 Å². The molecule has 4 heteroatoms. The number of hydrogen-bond acceptors (Lipinski definition) is 3. The summed E-state index contributed by atoms with van der Waals surface area (Å²) in [5, 5.41) is 3.08. The normalized spacial score (nSPS) is 15.7. The number of nitrogens with one attached hydrogen (secondary N) is 1. The Morgan fingerprint density at radius 1 is 1.08 bits per heavy atom. The van der Waals surface area contributed by atoms with E-state index < -0.39 is 0 Å². The molecule has 1 amide bonds. The summed E-state index contributed by atoms with van der Waals surface area (Å²) in [5.41, 5.74) is 1.99. The van der Waals surface area contributed by atoms with Crippen LogP contribution in [0.5, 0.6) is 0 Å². The van der Waals surface area contributed by atoms with Crippen LogP contribution in [0, 0.1) is 5.92 Å². The monoisotopic (exact) mass is 368 g/mol. The number of likely N-dealkylation sites (tertiary alicyclic amines) is 1. The average Bonchev–Trinajstić information content (AvgIpc) is 2.69. The van der Waals surface area contributed by atoms with Crippen LogP contribution in [0.3, 0.4) is 0 Å². The molecule has 1 N–H and O–H groups in total. The number of rotatable bonds is 7. The van der Waals surface area contributed by atoms with Gasteiger partial charge in [-0.1, -0.05) is 30.3 Å². The first kappa shape index (κ1) is 19.0. The maximum Gasteiger partial charge on any atom is 0.251 e. The fourth-order valence-electron chi connectivity index (χ4n) is 3.28. The van der Waals surface area contributed by atoms with Crippen LogP contribution in [0.2, 0.25) is 0 Å². The van der Waals surface area contributed by atoms with Crippen molar-refractivity contribution in [1.82, 2.24) is 10.2 Å². The molecule has 0 radical (unpaired) electrons. The van der Waals surface area contributed by atoms with Gasteiger partial charge in [-0.25, -0.2) is 0 Å². The third-order valence-electron chi connectivity index (χ3n) is 5.04. The maximum absolute atomic E-state index is 12.3. The molecular formula is C22H28N2OS. The summed E-state index contributed by atoms with van der Waals surface area (Å²) < 4.78 is 0. The molecule has 0 bridgehead atoms. The third kappa shape index (κ3) is 5.89. The topological polar surface area (TPSA) is 32.3 Å². The molecule has 2 aromatic carbocycles. The molecule has 0 unspecified atom stereocenters. The van der Waals surface area contributed by atoms with Gasteiger partial charge in [-0.2, -0.15) is 0 Å². The van der Waals surface area contributed by atoms with E-state index in [1.54, 1.807) is 0 Å². The molecule has 1 saturated heterocycles. The molecule has 3 nitrogen and oxygen atoms in total. The van der Waals surface area contributed by atoms with E-state index in [1.165, 1.54) is 36.4 Å². The molecule has 2 aromatic rings. The molecule has 1 heterocycles. The summed E-state index contributed by atoms with van der Waals surface area (Å²) in [5.74, 6) is 1.71. The Bertz CT molecular complexity index is 679. The highest BCUT2D eigenvalue weighted by molar-refractivity contribution is 7.98. The van der Waals surface area contributed by atoms with Crippen LogP contribution in [-0.2, 0) is 5.75 Å². The Hall–Kier alpha value is -1.78. The van der Waals surface area contributed by atoms with Crippen LogP contribution in [0.1, 0.15) is 35.2 Å². The predicted molar refractivity (Wildman–Crippen MR) is 110 cm³/mol. The molecule has 0 saturated carbocycles. The predicted octanol–water partition coefficient (Wildman–Crippen LogP) is 4.44. The minimum atomic E-state index is 0.0418. The van der Waals surface area contributed by atoms with Crippen LogP contribution >= 0.6 is 11.8 Å². The first-order valence-corrected chi connectivity index (χ1v) is 10.4. The van der Waals surface area contributed by atoms with Crippen molar-refractivity contribution in [2.75, 3.05) is 26.7 Å². The lowest BCUT2D eigenvalue weighted by molar-refractivity contribution is 0.0949. The van der Waals surface area contributed by atoms with Crippen molar-refractivity contribution >= 4 is 17.7 Å². The summed E-state index contributed by atoms with van der Waals surface area (Å²) >= 11 is 1.81. The molecule has 0 atom stereocenters. The van der Waals surface area contributed by atoms with Crippen LogP contribution in [0.25, 0.3) is 0 Å². The summed E-state index contributed by atoms with van der Waals surface area (Å²) in [6.45, 7) is 3.14. The lowest BCUT2D eigenvalue weighted by Crippen LogP contribution is -2.32. The van der Waals surface area contributed by atoms with Gasteiger partial charge in [-0.05, 0) is 75.1 Å². The second-order valence-electron chi connectivity index (χ2n) is 7.09. The van der Waals surface area contributed by atoms with Crippen molar-refractivity contribution in [3.8, 4) is 0 Å². The minimum Gasteiger partial charge on any atom is -0.352 e. The number of piperidine rings is 1. The van der Waals surface area contributed by atoms with E-state index in [9.17, 15) is 4.79 Å². The quantitative estimate of drug-likeness (QED) is 0.733. The van der Waals surface area contributed by atoms with Crippen LogP contribution in [-0.4, -0.2) is 37.5 Å². The molecule has 26 heavy (non-hydrogen) atoms. The van der Waals surface area contributed by atoms with Gasteiger partial charge in [-0.15, -0.1) is 11.8 Å². The van der Waals surface area contributed by atoms with Crippen molar-refractivity contribution in [3.63, 3.8) is 0 Å². The van der Waals surface area contributed by atoms with Crippen LogP contribution in [0.15, 0.2) is 59.5 Å². The fraction of sp³-hybridized carbons (Fsp3) is 0.409. The first-order valence-electron chi connectivity index (χ1n) is 9.44. The Morgan fingerprint density at radius 3 is 2.46 bits per heavy atom. The molecule has 1 fully saturated rings. The molecule has 1 aliphatic rings. The molecule has 3 rings (SSSR count). The molecule has 1 aliphatic heterocycles. The van der Waals surface area contributed by atoms with Crippen LogP contribution in [0.4, 0.5) is 0 Å². The summed E-state index contributed by atoms with van der Waals surface area (Å²) in [6, 6.07) is 18.4. The zero-order valence-electron chi connectivity index (χ0n) is 15.5. The molecule has 0 spiro atoms. The number of hydrogen-bond donors (Lipinski definition) is 1. The number of amides is 1. The third-order valence-corrected chi connectivity index (χ3v) is 6.12. The first-order chi connectivity index (χ1) is 12.7. The molecule has 138 valence electrons. The number of thioether (sulfide) groups is 1. The molecule has 0 aliphatic carbocycles. The van der Waals surface area contributed by atoms with Gasteiger partial charge in [0.15, 0.2) is 0 Å². The second kappa shape index (κ2) is 9.79. The van der Waals surface area contributed by atoms with Crippen molar-refractivity contribution < 1.29 is 4.79 Å². The highest BCUT2D eigenvalue weighted by atomic mass is 32.2. The number of carbonyl (C=O) groups excluding carboxylic acids is 1. The van der Waals surface area contributed by atoms with Gasteiger partial charge < -0.3 is 10.2 Å². The van der Waals surface area contributed by atoms with Crippen LogP contribution < -0.4 is 5.32 Å². The number of carbonyl (C=O) groups is 1. The van der Waals surface area contributed by atoms with E-state index in [-0.39, 0.29) is 5.91 Å². The second-order valence-corrected chi connectivity index (χ2v) is 8.14. The number of nitrogens with zero attached hydrogens (tertiary/aromatic N) is 1. The highest BCUT2D eigenvalue weighted by Gasteiger charge is 2.16. The van der Waals surface area contributed by atoms with Gasteiger partial charge in [0, 0.05) is 22.8 Å². The molecular weight excluding hydrogens is 340 g/mol. The Balaban J connectivity index is 1.40. The Labute approximate surface area is 161 Å². The summed E-state index contributed by atoms with van der Waals surface area (Å²) in [4.78, 5) is 16.0. The van der Waals surface area contributed by atoms with Gasteiger partial charge in [0.05, 0.1) is 0 Å². The summed E-state index contributed by atoms with van der Waals surface area (Å²) in [7, 11) is 2.18. The molecule has 0 aromatic heterocycles. The van der Waals surface area contributed by atoms with E-state index in [0.717, 1.165) is 30.2 Å².